The van der Waals surface area contributed by atoms with Crippen LogP contribution in [-0.4, -0.2) is 48.7 Å². The third-order valence-electron chi connectivity index (χ3n) is 5.54. The average molecular weight is 431 g/mol. The molecule has 2 aromatic rings. The summed E-state index contributed by atoms with van der Waals surface area (Å²) in [6.07, 6.45) is 2.66. The van der Waals surface area contributed by atoms with Crippen molar-refractivity contribution in [3.8, 4) is 11.1 Å². The van der Waals surface area contributed by atoms with Crippen LogP contribution in [0.3, 0.4) is 0 Å². The summed E-state index contributed by atoms with van der Waals surface area (Å²) in [4.78, 5) is 13.0. The van der Waals surface area contributed by atoms with Gasteiger partial charge in [0.25, 0.3) is 0 Å². The highest BCUT2D eigenvalue weighted by atomic mass is 32.2. The van der Waals surface area contributed by atoms with Crippen molar-refractivity contribution in [1.29, 1.82) is 0 Å². The fourth-order valence-corrected chi connectivity index (χ4v) is 5.58. The molecule has 0 bridgehead atoms. The van der Waals surface area contributed by atoms with E-state index in [1.165, 1.54) is 4.31 Å². The predicted molar refractivity (Wildman–Crippen MR) is 118 cm³/mol. The van der Waals surface area contributed by atoms with Gasteiger partial charge in [-0.1, -0.05) is 74.4 Å². The minimum Gasteiger partial charge on any atom is -0.394 e. The summed E-state index contributed by atoms with van der Waals surface area (Å²) in [5.41, 5.74) is 2.92. The van der Waals surface area contributed by atoms with Crippen LogP contribution in [-0.2, 0) is 14.8 Å². The second-order valence-corrected chi connectivity index (χ2v) is 9.71. The summed E-state index contributed by atoms with van der Waals surface area (Å²) < 4.78 is 26.1. The SMILES string of the molecule is CCCCC(C(=O)NC(CO)c1ccc(-c2ccccc2)cc1)N1CCCS1(=O)=O. The van der Waals surface area contributed by atoms with Crippen LogP contribution in [0.5, 0.6) is 0 Å². The summed E-state index contributed by atoms with van der Waals surface area (Å²) in [7, 11) is -3.40. The number of sulfonamides is 1. The first-order valence-electron chi connectivity index (χ1n) is 10.5. The molecule has 1 saturated heterocycles. The molecule has 1 fully saturated rings. The molecule has 2 aromatic carbocycles. The minimum absolute atomic E-state index is 0.0906. The van der Waals surface area contributed by atoms with E-state index in [1.54, 1.807) is 0 Å². The highest BCUT2D eigenvalue weighted by Crippen LogP contribution is 2.24. The van der Waals surface area contributed by atoms with E-state index in [-0.39, 0.29) is 18.3 Å². The van der Waals surface area contributed by atoms with E-state index in [0.29, 0.717) is 19.4 Å². The summed E-state index contributed by atoms with van der Waals surface area (Å²) in [6, 6.07) is 16.3. The highest BCUT2D eigenvalue weighted by molar-refractivity contribution is 7.89. The fourth-order valence-electron chi connectivity index (χ4n) is 3.85. The Balaban J connectivity index is 1.75. The first-order valence-corrected chi connectivity index (χ1v) is 12.1. The number of amides is 1. The van der Waals surface area contributed by atoms with Gasteiger partial charge in [-0.3, -0.25) is 4.79 Å². The van der Waals surface area contributed by atoms with E-state index in [1.807, 2.05) is 61.5 Å². The Morgan fingerprint density at radius 1 is 1.10 bits per heavy atom. The molecule has 2 atom stereocenters. The van der Waals surface area contributed by atoms with Crippen molar-refractivity contribution in [2.45, 2.75) is 44.7 Å². The van der Waals surface area contributed by atoms with Crippen molar-refractivity contribution in [3.05, 3.63) is 60.2 Å². The van der Waals surface area contributed by atoms with Crippen LogP contribution in [0.4, 0.5) is 0 Å². The monoisotopic (exact) mass is 430 g/mol. The molecule has 0 aliphatic carbocycles. The zero-order chi connectivity index (χ0) is 21.6. The van der Waals surface area contributed by atoms with E-state index in [9.17, 15) is 18.3 Å². The number of carbonyl (C=O) groups is 1. The lowest BCUT2D eigenvalue weighted by Gasteiger charge is -2.27. The van der Waals surface area contributed by atoms with Gasteiger partial charge in [-0.2, -0.15) is 4.31 Å². The zero-order valence-electron chi connectivity index (χ0n) is 17.3. The van der Waals surface area contributed by atoms with Crippen molar-refractivity contribution in [2.75, 3.05) is 18.9 Å². The van der Waals surface area contributed by atoms with Gasteiger partial charge in [0.2, 0.25) is 15.9 Å². The van der Waals surface area contributed by atoms with Crippen molar-refractivity contribution < 1.29 is 18.3 Å². The molecule has 1 aliphatic heterocycles. The van der Waals surface area contributed by atoms with E-state index in [2.05, 4.69) is 5.32 Å². The van der Waals surface area contributed by atoms with Gasteiger partial charge in [-0.15, -0.1) is 0 Å². The van der Waals surface area contributed by atoms with Gasteiger partial charge in [-0.05, 0) is 29.5 Å². The molecule has 1 heterocycles. The molecule has 0 saturated carbocycles. The smallest absolute Gasteiger partial charge is 0.239 e. The van der Waals surface area contributed by atoms with Crippen LogP contribution in [0.25, 0.3) is 11.1 Å². The second kappa shape index (κ2) is 10.2. The van der Waals surface area contributed by atoms with Gasteiger partial charge in [0, 0.05) is 6.54 Å². The molecule has 2 N–H and O–H groups in total. The lowest BCUT2D eigenvalue weighted by molar-refractivity contribution is -0.126. The summed E-state index contributed by atoms with van der Waals surface area (Å²) in [5.74, 6) is -0.257. The summed E-state index contributed by atoms with van der Waals surface area (Å²) >= 11 is 0. The molecule has 1 aliphatic rings. The van der Waals surface area contributed by atoms with Gasteiger partial charge >= 0.3 is 0 Å². The largest absolute Gasteiger partial charge is 0.394 e. The Hall–Kier alpha value is -2.22. The quantitative estimate of drug-likeness (QED) is 0.640. The third kappa shape index (κ3) is 5.28. The van der Waals surface area contributed by atoms with E-state index in [0.717, 1.165) is 29.5 Å². The lowest BCUT2D eigenvalue weighted by atomic mass is 10.0. The van der Waals surface area contributed by atoms with E-state index >= 15 is 0 Å². The van der Waals surface area contributed by atoms with Crippen molar-refractivity contribution in [3.63, 3.8) is 0 Å². The van der Waals surface area contributed by atoms with Crippen LogP contribution >= 0.6 is 0 Å². The maximum atomic E-state index is 13.0. The van der Waals surface area contributed by atoms with Crippen molar-refractivity contribution in [1.82, 2.24) is 9.62 Å². The molecule has 162 valence electrons. The maximum Gasteiger partial charge on any atom is 0.239 e. The molecular formula is C23H30N2O4S. The van der Waals surface area contributed by atoms with Gasteiger partial charge in [-0.25, -0.2) is 8.42 Å². The number of rotatable bonds is 9. The molecule has 7 heteroatoms. The molecular weight excluding hydrogens is 400 g/mol. The van der Waals surface area contributed by atoms with Gasteiger partial charge in [0.15, 0.2) is 0 Å². The topological polar surface area (TPSA) is 86.7 Å². The maximum absolute atomic E-state index is 13.0. The van der Waals surface area contributed by atoms with Gasteiger partial charge in [0.1, 0.15) is 6.04 Å². The summed E-state index contributed by atoms with van der Waals surface area (Å²) in [5, 5.41) is 12.8. The molecule has 2 unspecified atom stereocenters. The molecule has 0 aromatic heterocycles. The minimum atomic E-state index is -3.40. The van der Waals surface area contributed by atoms with Gasteiger partial charge < -0.3 is 10.4 Å². The zero-order valence-corrected chi connectivity index (χ0v) is 18.1. The number of hydrogen-bond acceptors (Lipinski definition) is 4. The third-order valence-corrected chi connectivity index (χ3v) is 7.49. The number of hydrogen-bond donors (Lipinski definition) is 2. The van der Waals surface area contributed by atoms with Crippen LogP contribution < -0.4 is 5.32 Å². The Kier molecular flexibility index (Phi) is 7.64. The molecule has 1 amide bonds. The predicted octanol–water partition coefficient (Wildman–Crippen LogP) is 3.10. The van der Waals surface area contributed by atoms with Crippen LogP contribution in [0.2, 0.25) is 0 Å². The van der Waals surface area contributed by atoms with Crippen molar-refractivity contribution >= 4 is 15.9 Å². The molecule has 3 rings (SSSR count). The average Bonchev–Trinajstić information content (AvgIpc) is 3.12. The summed E-state index contributed by atoms with van der Waals surface area (Å²) in [6.45, 7) is 2.13. The number of aliphatic hydroxyl groups excluding tert-OH is 1. The molecule has 0 radical (unpaired) electrons. The molecule has 6 nitrogen and oxygen atoms in total. The lowest BCUT2D eigenvalue weighted by Crippen LogP contribution is -2.48. The highest BCUT2D eigenvalue weighted by Gasteiger charge is 2.38. The number of unbranched alkanes of at least 4 members (excludes halogenated alkanes) is 1. The molecule has 30 heavy (non-hydrogen) atoms. The standard InChI is InChI=1S/C23H30N2O4S/c1-2-3-10-22(25-15-7-16-30(25,28)29)23(27)24-21(17-26)20-13-11-19(12-14-20)18-8-5-4-6-9-18/h4-6,8-9,11-14,21-22,26H,2-3,7,10,15-17H2,1H3,(H,24,27). The number of carbonyl (C=O) groups excluding carboxylic acids is 1. The number of nitrogens with zero attached hydrogens (tertiary/aromatic N) is 1. The molecule has 0 spiro atoms. The Bertz CT molecular complexity index is 929. The second-order valence-electron chi connectivity index (χ2n) is 7.67. The van der Waals surface area contributed by atoms with Crippen LogP contribution in [0, 0.1) is 0 Å². The van der Waals surface area contributed by atoms with E-state index < -0.39 is 22.1 Å². The Morgan fingerprint density at radius 2 is 1.77 bits per heavy atom. The van der Waals surface area contributed by atoms with Crippen LogP contribution in [0.1, 0.15) is 44.2 Å². The van der Waals surface area contributed by atoms with Crippen molar-refractivity contribution in [2.24, 2.45) is 0 Å². The number of benzene rings is 2. The Morgan fingerprint density at radius 3 is 2.33 bits per heavy atom. The number of aliphatic hydroxyl groups is 1. The first kappa shape index (κ1) is 22.5. The van der Waals surface area contributed by atoms with E-state index in [4.69, 9.17) is 0 Å². The normalized spacial score (nSPS) is 18.1. The fraction of sp³-hybridized carbons (Fsp3) is 0.435. The van der Waals surface area contributed by atoms with Gasteiger partial charge in [0.05, 0.1) is 18.4 Å². The Labute approximate surface area is 179 Å². The van der Waals surface area contributed by atoms with Crippen LogP contribution in [0.15, 0.2) is 54.6 Å². The number of nitrogens with one attached hydrogen (secondary N) is 1. The first-order chi connectivity index (χ1) is 14.5.